The molecular weight excluding hydrogens is 320 g/mol. The molecule has 0 aliphatic carbocycles. The van der Waals surface area contributed by atoms with Crippen molar-refractivity contribution in [2.45, 2.75) is 13.3 Å². The zero-order valence-electron chi connectivity index (χ0n) is 14.5. The van der Waals surface area contributed by atoms with Crippen molar-refractivity contribution in [2.24, 2.45) is 11.3 Å². The van der Waals surface area contributed by atoms with Crippen molar-refractivity contribution in [1.82, 2.24) is 20.4 Å². The summed E-state index contributed by atoms with van der Waals surface area (Å²) >= 11 is 0. The summed E-state index contributed by atoms with van der Waals surface area (Å²) in [5, 5.41) is 10.7. The summed E-state index contributed by atoms with van der Waals surface area (Å²) in [5.74, 6) is -0.0186. The Morgan fingerprint density at radius 3 is 3.08 bits per heavy atom. The number of benzene rings is 1. The molecule has 2 aliphatic rings. The lowest BCUT2D eigenvalue weighted by Crippen LogP contribution is -2.49. The van der Waals surface area contributed by atoms with E-state index in [1.54, 1.807) is 18.1 Å². The standard InChI is InChI=1S/C18H22N4O3/c1-11-5-12-7-20-21-15(12)14(6-11)16(23)22-8-13-9-25-4-3-18(13,10-22)17(24)19-2/h5-7,13H,3-4,8-10H2,1-2H3,(H,19,24)(H,20,21)/t13-,18+/m1/s1. The lowest BCUT2D eigenvalue weighted by atomic mass is 9.73. The van der Waals surface area contributed by atoms with Crippen LogP contribution in [0.15, 0.2) is 18.3 Å². The van der Waals surface area contributed by atoms with E-state index in [4.69, 9.17) is 4.74 Å². The second kappa shape index (κ2) is 5.84. The molecule has 132 valence electrons. The van der Waals surface area contributed by atoms with Crippen LogP contribution < -0.4 is 5.32 Å². The highest BCUT2D eigenvalue weighted by atomic mass is 16.5. The number of carbonyl (C=O) groups is 2. The summed E-state index contributed by atoms with van der Waals surface area (Å²) in [4.78, 5) is 27.6. The van der Waals surface area contributed by atoms with E-state index in [2.05, 4.69) is 15.5 Å². The van der Waals surface area contributed by atoms with Crippen LogP contribution in [0.3, 0.4) is 0 Å². The van der Waals surface area contributed by atoms with Crippen molar-refractivity contribution in [3.63, 3.8) is 0 Å². The maximum Gasteiger partial charge on any atom is 0.256 e. The van der Waals surface area contributed by atoms with E-state index in [1.807, 2.05) is 19.1 Å². The third-order valence-electron chi connectivity index (χ3n) is 5.60. The maximum absolute atomic E-state index is 13.2. The molecule has 0 radical (unpaired) electrons. The van der Waals surface area contributed by atoms with E-state index in [9.17, 15) is 9.59 Å². The van der Waals surface area contributed by atoms with Gasteiger partial charge in [0.1, 0.15) is 0 Å². The largest absolute Gasteiger partial charge is 0.381 e. The van der Waals surface area contributed by atoms with E-state index in [0.29, 0.717) is 38.3 Å². The predicted molar refractivity (Wildman–Crippen MR) is 92.2 cm³/mol. The van der Waals surface area contributed by atoms with Crippen LogP contribution >= 0.6 is 0 Å². The van der Waals surface area contributed by atoms with Gasteiger partial charge in [0.05, 0.1) is 29.3 Å². The van der Waals surface area contributed by atoms with Gasteiger partial charge in [0.2, 0.25) is 5.91 Å². The molecule has 0 unspecified atom stereocenters. The van der Waals surface area contributed by atoms with Crippen molar-refractivity contribution in [3.05, 3.63) is 29.5 Å². The number of nitrogens with zero attached hydrogens (tertiary/aromatic N) is 2. The Bertz CT molecular complexity index is 846. The Morgan fingerprint density at radius 2 is 2.28 bits per heavy atom. The smallest absolute Gasteiger partial charge is 0.256 e. The van der Waals surface area contributed by atoms with Gasteiger partial charge in [0.15, 0.2) is 0 Å². The summed E-state index contributed by atoms with van der Waals surface area (Å²) < 4.78 is 5.58. The second-order valence-corrected chi connectivity index (χ2v) is 7.09. The molecule has 7 nitrogen and oxygen atoms in total. The third kappa shape index (κ3) is 2.41. The summed E-state index contributed by atoms with van der Waals surface area (Å²) in [6.45, 7) is 4.01. The number of aromatic nitrogens is 2. The first kappa shape index (κ1) is 16.1. The van der Waals surface area contributed by atoms with Crippen LogP contribution in [-0.4, -0.2) is 60.3 Å². The van der Waals surface area contributed by atoms with Gasteiger partial charge in [-0.05, 0) is 31.0 Å². The minimum absolute atomic E-state index is 0.00651. The Kier molecular flexibility index (Phi) is 3.76. The maximum atomic E-state index is 13.2. The normalized spacial score (nSPS) is 25.8. The molecule has 1 aromatic heterocycles. The lowest BCUT2D eigenvalue weighted by molar-refractivity contribution is -0.138. The van der Waals surface area contributed by atoms with Crippen molar-refractivity contribution in [3.8, 4) is 0 Å². The minimum atomic E-state index is -0.542. The van der Waals surface area contributed by atoms with Gasteiger partial charge in [0.25, 0.3) is 5.91 Å². The van der Waals surface area contributed by atoms with E-state index >= 15 is 0 Å². The average molecular weight is 342 g/mol. The van der Waals surface area contributed by atoms with Gasteiger partial charge in [0, 0.05) is 38.0 Å². The van der Waals surface area contributed by atoms with Crippen molar-refractivity contribution >= 4 is 22.7 Å². The molecule has 1 aromatic carbocycles. The Hall–Kier alpha value is -2.41. The fourth-order valence-corrected chi connectivity index (χ4v) is 4.27. The van der Waals surface area contributed by atoms with E-state index < -0.39 is 5.41 Å². The van der Waals surface area contributed by atoms with Gasteiger partial charge in [-0.25, -0.2) is 0 Å². The summed E-state index contributed by atoms with van der Waals surface area (Å²) in [6, 6.07) is 3.88. The summed E-state index contributed by atoms with van der Waals surface area (Å²) in [6.07, 6.45) is 2.37. The molecule has 2 amide bonds. The van der Waals surface area contributed by atoms with Gasteiger partial charge in [-0.1, -0.05) is 0 Å². The summed E-state index contributed by atoms with van der Waals surface area (Å²) in [7, 11) is 1.66. The molecule has 25 heavy (non-hydrogen) atoms. The van der Waals surface area contributed by atoms with Crippen LogP contribution in [0.4, 0.5) is 0 Å². The third-order valence-corrected chi connectivity index (χ3v) is 5.60. The zero-order chi connectivity index (χ0) is 17.6. The quantitative estimate of drug-likeness (QED) is 0.855. The van der Waals surface area contributed by atoms with Gasteiger partial charge in [-0.2, -0.15) is 5.10 Å². The lowest BCUT2D eigenvalue weighted by Gasteiger charge is -2.36. The molecule has 0 bridgehead atoms. The fourth-order valence-electron chi connectivity index (χ4n) is 4.27. The predicted octanol–water partition coefficient (Wildman–Crippen LogP) is 1.10. The van der Waals surface area contributed by atoms with Crippen molar-refractivity contribution in [2.75, 3.05) is 33.4 Å². The molecule has 2 atom stereocenters. The van der Waals surface area contributed by atoms with E-state index in [0.717, 1.165) is 16.5 Å². The molecule has 7 heteroatoms. The number of aromatic amines is 1. The van der Waals surface area contributed by atoms with Crippen LogP contribution in [0.25, 0.3) is 10.9 Å². The van der Waals surface area contributed by atoms with Crippen LogP contribution in [-0.2, 0) is 9.53 Å². The Balaban J connectivity index is 1.69. The summed E-state index contributed by atoms with van der Waals surface area (Å²) in [5.41, 5.74) is 1.83. The number of hydrogen-bond acceptors (Lipinski definition) is 4. The highest BCUT2D eigenvalue weighted by Gasteiger charge is 2.54. The SMILES string of the molecule is CNC(=O)[C@]12CCOC[C@H]1CN(C(=O)c1cc(C)cc3cn[nH]c13)C2. The zero-order valence-corrected chi connectivity index (χ0v) is 14.5. The number of H-pyrrole nitrogens is 1. The number of amides is 2. The number of fused-ring (bicyclic) bond motifs is 2. The number of hydrogen-bond donors (Lipinski definition) is 2. The number of carbonyl (C=O) groups excluding carboxylic acids is 2. The molecule has 0 spiro atoms. The second-order valence-electron chi connectivity index (χ2n) is 7.09. The first-order valence-electron chi connectivity index (χ1n) is 8.58. The van der Waals surface area contributed by atoms with E-state index in [-0.39, 0.29) is 17.7 Å². The molecule has 2 saturated heterocycles. The highest BCUT2D eigenvalue weighted by Crippen LogP contribution is 2.43. The fraction of sp³-hybridized carbons (Fsp3) is 0.500. The van der Waals surface area contributed by atoms with Crippen LogP contribution in [0.5, 0.6) is 0 Å². The average Bonchev–Trinajstić information content (AvgIpc) is 3.24. The number of nitrogens with one attached hydrogen (secondary N) is 2. The van der Waals surface area contributed by atoms with Crippen LogP contribution in [0, 0.1) is 18.3 Å². The number of aryl methyl sites for hydroxylation is 1. The van der Waals surface area contributed by atoms with Crippen molar-refractivity contribution < 1.29 is 14.3 Å². The molecule has 0 saturated carbocycles. The van der Waals surface area contributed by atoms with Crippen LogP contribution in [0.1, 0.15) is 22.3 Å². The highest BCUT2D eigenvalue weighted by molar-refractivity contribution is 6.06. The molecule has 2 fully saturated rings. The number of ether oxygens (including phenoxy) is 1. The number of likely N-dealkylation sites (tertiary alicyclic amines) is 1. The first-order chi connectivity index (χ1) is 12.0. The topological polar surface area (TPSA) is 87.3 Å². The Morgan fingerprint density at radius 1 is 1.44 bits per heavy atom. The van der Waals surface area contributed by atoms with Gasteiger partial charge >= 0.3 is 0 Å². The van der Waals surface area contributed by atoms with E-state index in [1.165, 1.54) is 0 Å². The monoisotopic (exact) mass is 342 g/mol. The van der Waals surface area contributed by atoms with Gasteiger partial charge < -0.3 is 15.0 Å². The molecule has 2 aromatic rings. The molecule has 2 aliphatic heterocycles. The van der Waals surface area contributed by atoms with Crippen LogP contribution in [0.2, 0.25) is 0 Å². The first-order valence-corrected chi connectivity index (χ1v) is 8.58. The molecular formula is C18H22N4O3. The number of rotatable bonds is 2. The van der Waals surface area contributed by atoms with Crippen molar-refractivity contribution in [1.29, 1.82) is 0 Å². The molecule has 3 heterocycles. The Labute approximate surface area is 145 Å². The van der Waals surface area contributed by atoms with Gasteiger partial charge in [-0.3, -0.25) is 14.7 Å². The molecule has 2 N–H and O–H groups in total. The van der Waals surface area contributed by atoms with Gasteiger partial charge in [-0.15, -0.1) is 0 Å². The minimum Gasteiger partial charge on any atom is -0.381 e. The molecule has 4 rings (SSSR count).